The number of hydrogen-bond donors (Lipinski definition) is 1. The molecule has 6 nitrogen and oxygen atoms in total. The molecule has 0 aliphatic carbocycles. The van der Waals surface area contributed by atoms with Gasteiger partial charge in [0.1, 0.15) is 0 Å². The van der Waals surface area contributed by atoms with Crippen molar-refractivity contribution in [2.24, 2.45) is 5.92 Å². The molecule has 2 aromatic rings. The average molecular weight is 276 g/mol. The van der Waals surface area contributed by atoms with Gasteiger partial charge < -0.3 is 5.11 Å². The minimum absolute atomic E-state index is 0.111. The summed E-state index contributed by atoms with van der Waals surface area (Å²) in [4.78, 5) is 14.2. The molecule has 3 rings (SSSR count). The Bertz CT molecular complexity index is 667. The van der Waals surface area contributed by atoms with Crippen LogP contribution in [0.15, 0.2) is 29.2 Å². The summed E-state index contributed by atoms with van der Waals surface area (Å²) in [6, 6.07) is 5.50. The lowest BCUT2D eigenvalue weighted by Crippen LogP contribution is -2.64. The van der Waals surface area contributed by atoms with Crippen molar-refractivity contribution in [3.8, 4) is 0 Å². The van der Waals surface area contributed by atoms with Crippen molar-refractivity contribution in [2.75, 3.05) is 19.6 Å². The summed E-state index contributed by atoms with van der Waals surface area (Å²) in [5.74, 6) is 0.261. The van der Waals surface area contributed by atoms with E-state index in [1.165, 1.54) is 4.68 Å². The zero-order chi connectivity index (χ0) is 14.3. The highest BCUT2D eigenvalue weighted by Gasteiger charge is 2.43. The van der Waals surface area contributed by atoms with Crippen molar-refractivity contribution < 1.29 is 5.11 Å². The van der Waals surface area contributed by atoms with Crippen LogP contribution in [0.25, 0.3) is 5.65 Å². The standard InChI is InChI=1S/C14H20N4O2/c1-11(2)14(20)9-16(10-14)7-8-18-13(19)17-6-4-3-5-12(17)15-18/h3-6,11,20H,7-10H2,1-2H3. The maximum absolute atomic E-state index is 12.1. The summed E-state index contributed by atoms with van der Waals surface area (Å²) in [7, 11) is 0. The zero-order valence-corrected chi connectivity index (χ0v) is 11.9. The predicted molar refractivity (Wildman–Crippen MR) is 75.7 cm³/mol. The van der Waals surface area contributed by atoms with Crippen molar-refractivity contribution in [1.29, 1.82) is 0 Å². The lowest BCUT2D eigenvalue weighted by atomic mass is 9.83. The molecule has 1 saturated heterocycles. The summed E-state index contributed by atoms with van der Waals surface area (Å²) in [5.41, 5.74) is -0.0100. The predicted octanol–water partition coefficient (Wildman–Crippen LogP) is 0.199. The van der Waals surface area contributed by atoms with Crippen LogP contribution in [0.1, 0.15) is 13.8 Å². The number of likely N-dealkylation sites (tertiary alicyclic amines) is 1. The molecule has 0 spiro atoms. The van der Waals surface area contributed by atoms with Gasteiger partial charge in [-0.15, -0.1) is 5.10 Å². The molecule has 1 N–H and O–H groups in total. The average Bonchev–Trinajstić information content (AvgIpc) is 2.70. The second kappa shape index (κ2) is 4.71. The monoisotopic (exact) mass is 276 g/mol. The van der Waals surface area contributed by atoms with Crippen LogP contribution < -0.4 is 5.69 Å². The number of aromatic nitrogens is 3. The van der Waals surface area contributed by atoms with Gasteiger partial charge in [0.25, 0.3) is 0 Å². The van der Waals surface area contributed by atoms with Crippen LogP contribution in [0.3, 0.4) is 0 Å². The molecule has 1 aliphatic heterocycles. The van der Waals surface area contributed by atoms with E-state index < -0.39 is 5.60 Å². The Morgan fingerprint density at radius 1 is 1.35 bits per heavy atom. The Kier molecular flexibility index (Phi) is 3.14. The molecule has 2 aromatic heterocycles. The first-order chi connectivity index (χ1) is 9.49. The third kappa shape index (κ3) is 2.14. The first-order valence-corrected chi connectivity index (χ1v) is 6.98. The van der Waals surface area contributed by atoms with Crippen LogP contribution >= 0.6 is 0 Å². The second-order valence-corrected chi connectivity index (χ2v) is 5.90. The Labute approximate surface area is 117 Å². The van der Waals surface area contributed by atoms with E-state index in [1.807, 2.05) is 32.0 Å². The molecular weight excluding hydrogens is 256 g/mol. The SMILES string of the molecule is CC(C)C1(O)CN(CCn2nc3ccccn3c2=O)C1. The number of rotatable bonds is 4. The quantitative estimate of drug-likeness (QED) is 0.866. The van der Waals surface area contributed by atoms with Crippen LogP contribution in [0.4, 0.5) is 0 Å². The van der Waals surface area contributed by atoms with Crippen LogP contribution in [-0.2, 0) is 6.54 Å². The Hall–Kier alpha value is -1.66. The van der Waals surface area contributed by atoms with Gasteiger partial charge in [0, 0.05) is 25.8 Å². The van der Waals surface area contributed by atoms with E-state index >= 15 is 0 Å². The van der Waals surface area contributed by atoms with Gasteiger partial charge in [-0.3, -0.25) is 9.30 Å². The molecule has 0 saturated carbocycles. The van der Waals surface area contributed by atoms with Crippen LogP contribution in [0.5, 0.6) is 0 Å². The van der Waals surface area contributed by atoms with Crippen molar-refractivity contribution in [1.82, 2.24) is 19.1 Å². The van der Waals surface area contributed by atoms with Gasteiger partial charge in [-0.05, 0) is 18.1 Å². The molecule has 0 amide bonds. The molecule has 6 heteroatoms. The molecular formula is C14H20N4O2. The lowest BCUT2D eigenvalue weighted by molar-refractivity contribution is -0.128. The summed E-state index contributed by atoms with van der Waals surface area (Å²) >= 11 is 0. The van der Waals surface area contributed by atoms with Crippen molar-refractivity contribution >= 4 is 5.65 Å². The molecule has 20 heavy (non-hydrogen) atoms. The largest absolute Gasteiger partial charge is 0.387 e. The Balaban J connectivity index is 1.65. The molecule has 3 heterocycles. The first-order valence-electron chi connectivity index (χ1n) is 6.98. The van der Waals surface area contributed by atoms with Crippen LogP contribution in [-0.4, -0.2) is 49.4 Å². The summed E-state index contributed by atoms with van der Waals surface area (Å²) in [6.07, 6.45) is 1.72. The zero-order valence-electron chi connectivity index (χ0n) is 11.9. The number of nitrogens with zero attached hydrogens (tertiary/aromatic N) is 4. The fraction of sp³-hybridized carbons (Fsp3) is 0.571. The summed E-state index contributed by atoms with van der Waals surface area (Å²) in [6.45, 7) is 6.70. The van der Waals surface area contributed by atoms with E-state index in [-0.39, 0.29) is 11.6 Å². The van der Waals surface area contributed by atoms with Gasteiger partial charge in [-0.25, -0.2) is 9.48 Å². The molecule has 0 bridgehead atoms. The summed E-state index contributed by atoms with van der Waals surface area (Å²) < 4.78 is 3.03. The van der Waals surface area contributed by atoms with E-state index in [0.29, 0.717) is 25.3 Å². The Morgan fingerprint density at radius 2 is 2.10 bits per heavy atom. The van der Waals surface area contributed by atoms with Gasteiger partial charge in [-0.2, -0.15) is 0 Å². The van der Waals surface area contributed by atoms with E-state index in [2.05, 4.69) is 10.00 Å². The minimum atomic E-state index is -0.566. The van der Waals surface area contributed by atoms with Gasteiger partial charge in [0.05, 0.1) is 12.1 Å². The molecule has 108 valence electrons. The van der Waals surface area contributed by atoms with Crippen LogP contribution in [0, 0.1) is 5.92 Å². The number of fused-ring (bicyclic) bond motifs is 1. The molecule has 0 radical (unpaired) electrons. The second-order valence-electron chi connectivity index (χ2n) is 5.90. The van der Waals surface area contributed by atoms with Crippen molar-refractivity contribution in [3.63, 3.8) is 0 Å². The number of β-amino-alcohol motifs (C(OH)–C–C–N with tert-alkyl or cyclic N) is 1. The number of pyridine rings is 1. The molecule has 1 aliphatic rings. The maximum Gasteiger partial charge on any atom is 0.350 e. The highest BCUT2D eigenvalue weighted by Crippen LogP contribution is 2.27. The van der Waals surface area contributed by atoms with E-state index in [0.717, 1.165) is 6.54 Å². The fourth-order valence-corrected chi connectivity index (χ4v) is 2.60. The van der Waals surface area contributed by atoms with Crippen molar-refractivity contribution in [2.45, 2.75) is 26.0 Å². The van der Waals surface area contributed by atoms with Crippen molar-refractivity contribution in [3.05, 3.63) is 34.9 Å². The third-order valence-corrected chi connectivity index (χ3v) is 4.19. The number of hydrogen-bond acceptors (Lipinski definition) is 4. The third-order valence-electron chi connectivity index (χ3n) is 4.19. The number of aliphatic hydroxyl groups is 1. The lowest BCUT2D eigenvalue weighted by Gasteiger charge is -2.49. The summed E-state index contributed by atoms with van der Waals surface area (Å²) in [5, 5.41) is 14.5. The van der Waals surface area contributed by atoms with Gasteiger partial charge in [0.15, 0.2) is 5.65 Å². The molecule has 0 unspecified atom stereocenters. The maximum atomic E-state index is 12.1. The highest BCUT2D eigenvalue weighted by molar-refractivity contribution is 5.35. The minimum Gasteiger partial charge on any atom is -0.387 e. The molecule has 0 atom stereocenters. The first kappa shape index (κ1) is 13.3. The van der Waals surface area contributed by atoms with E-state index in [1.54, 1.807) is 10.6 Å². The smallest absolute Gasteiger partial charge is 0.350 e. The highest BCUT2D eigenvalue weighted by atomic mass is 16.3. The molecule has 0 aromatic carbocycles. The topological polar surface area (TPSA) is 62.8 Å². The van der Waals surface area contributed by atoms with Gasteiger partial charge >= 0.3 is 5.69 Å². The normalized spacial score (nSPS) is 18.6. The van der Waals surface area contributed by atoms with Gasteiger partial charge in [0.2, 0.25) is 0 Å². The molecule has 1 fully saturated rings. The van der Waals surface area contributed by atoms with Gasteiger partial charge in [-0.1, -0.05) is 19.9 Å². The Morgan fingerprint density at radius 3 is 2.75 bits per heavy atom. The van der Waals surface area contributed by atoms with E-state index in [4.69, 9.17) is 0 Å². The van der Waals surface area contributed by atoms with E-state index in [9.17, 15) is 9.90 Å². The van der Waals surface area contributed by atoms with Crippen LogP contribution in [0.2, 0.25) is 0 Å². The fourth-order valence-electron chi connectivity index (χ4n) is 2.60.